The Morgan fingerprint density at radius 2 is 1.95 bits per heavy atom. The minimum atomic E-state index is -0.854. The lowest BCUT2D eigenvalue weighted by Gasteiger charge is -2.07. The number of hydrogen-bond acceptors (Lipinski definition) is 4. The molecule has 0 aliphatic heterocycles. The van der Waals surface area contributed by atoms with Gasteiger partial charge in [0.05, 0.1) is 12.1 Å². The molecule has 7 heteroatoms. The van der Waals surface area contributed by atoms with E-state index in [9.17, 15) is 9.59 Å². The van der Waals surface area contributed by atoms with Crippen molar-refractivity contribution in [1.29, 1.82) is 0 Å². The summed E-state index contributed by atoms with van der Waals surface area (Å²) in [6, 6.07) is 4.65. The summed E-state index contributed by atoms with van der Waals surface area (Å²) in [4.78, 5) is 22.9. The van der Waals surface area contributed by atoms with Gasteiger partial charge in [0.15, 0.2) is 0 Å². The van der Waals surface area contributed by atoms with E-state index in [0.29, 0.717) is 22.2 Å². The summed E-state index contributed by atoms with van der Waals surface area (Å²) in [6.07, 6.45) is 0. The number of hydrogen-bond donors (Lipinski definition) is 2. The number of ether oxygens (including phenoxy) is 1. The average molecular weight is 284 g/mol. The molecule has 0 aliphatic carbocycles. The molecule has 0 fully saturated rings. The van der Waals surface area contributed by atoms with Gasteiger partial charge in [0.2, 0.25) is 0 Å². The van der Waals surface area contributed by atoms with Crippen molar-refractivity contribution in [3.05, 3.63) is 23.2 Å². The van der Waals surface area contributed by atoms with Gasteiger partial charge in [-0.1, -0.05) is 11.6 Å². The molecule has 2 amide bonds. The number of amides is 2. The summed E-state index contributed by atoms with van der Waals surface area (Å²) >= 11 is 5.90. The fourth-order valence-corrected chi connectivity index (χ4v) is 1.40. The highest BCUT2D eigenvalue weighted by molar-refractivity contribution is 6.40. The SMILES string of the molecule is COc1ccc(NC(=O)C(=O)NN=C(C)C)cc1Cl. The molecular weight excluding hydrogens is 270 g/mol. The second-order valence-corrected chi connectivity index (χ2v) is 4.21. The minimum Gasteiger partial charge on any atom is -0.495 e. The Hall–Kier alpha value is -2.08. The van der Waals surface area contributed by atoms with E-state index >= 15 is 0 Å². The number of anilines is 1. The molecule has 0 bridgehead atoms. The van der Waals surface area contributed by atoms with E-state index < -0.39 is 11.8 Å². The zero-order valence-electron chi connectivity index (χ0n) is 10.8. The van der Waals surface area contributed by atoms with Gasteiger partial charge in [-0.15, -0.1) is 0 Å². The van der Waals surface area contributed by atoms with Crippen LogP contribution in [0.4, 0.5) is 5.69 Å². The Kier molecular flexibility index (Phi) is 5.32. The fraction of sp³-hybridized carbons (Fsp3) is 0.250. The highest BCUT2D eigenvalue weighted by Gasteiger charge is 2.13. The lowest BCUT2D eigenvalue weighted by molar-refractivity contribution is -0.136. The van der Waals surface area contributed by atoms with Gasteiger partial charge in [0, 0.05) is 11.4 Å². The number of benzene rings is 1. The first-order valence-electron chi connectivity index (χ1n) is 5.39. The quantitative estimate of drug-likeness (QED) is 0.504. The average Bonchev–Trinajstić information content (AvgIpc) is 2.36. The van der Waals surface area contributed by atoms with Crippen LogP contribution in [0.3, 0.4) is 0 Å². The predicted octanol–water partition coefficient (Wildman–Crippen LogP) is 1.80. The van der Waals surface area contributed by atoms with Gasteiger partial charge < -0.3 is 10.1 Å². The molecule has 1 aromatic rings. The van der Waals surface area contributed by atoms with Crippen LogP contribution in [0.1, 0.15) is 13.8 Å². The highest BCUT2D eigenvalue weighted by Crippen LogP contribution is 2.27. The number of carbonyl (C=O) groups is 2. The minimum absolute atomic E-state index is 0.336. The van der Waals surface area contributed by atoms with Gasteiger partial charge in [-0.2, -0.15) is 5.10 Å². The highest BCUT2D eigenvalue weighted by atomic mass is 35.5. The van der Waals surface area contributed by atoms with Crippen molar-refractivity contribution in [1.82, 2.24) is 5.43 Å². The molecule has 0 aromatic heterocycles. The summed E-state index contributed by atoms with van der Waals surface area (Å²) < 4.78 is 4.98. The van der Waals surface area contributed by atoms with E-state index in [1.165, 1.54) is 13.2 Å². The Bertz CT molecular complexity index is 525. The molecule has 1 rings (SSSR count). The molecular formula is C12H14ClN3O3. The Labute approximate surface area is 115 Å². The topological polar surface area (TPSA) is 79.8 Å². The Balaban J connectivity index is 2.69. The summed E-state index contributed by atoms with van der Waals surface area (Å²) in [7, 11) is 1.48. The number of methoxy groups -OCH3 is 1. The zero-order valence-corrected chi connectivity index (χ0v) is 11.5. The van der Waals surface area contributed by atoms with Crippen LogP contribution >= 0.6 is 11.6 Å². The van der Waals surface area contributed by atoms with Gasteiger partial charge in [0.1, 0.15) is 5.75 Å². The van der Waals surface area contributed by atoms with Crippen LogP contribution in [0.25, 0.3) is 0 Å². The third-order valence-electron chi connectivity index (χ3n) is 2.00. The molecule has 6 nitrogen and oxygen atoms in total. The first kappa shape index (κ1) is 15.0. The maximum Gasteiger partial charge on any atom is 0.329 e. The van der Waals surface area contributed by atoms with Gasteiger partial charge in [-0.25, -0.2) is 5.43 Å². The monoisotopic (exact) mass is 283 g/mol. The largest absolute Gasteiger partial charge is 0.495 e. The maximum atomic E-state index is 11.5. The molecule has 0 atom stereocenters. The van der Waals surface area contributed by atoms with E-state index in [0.717, 1.165) is 0 Å². The van der Waals surface area contributed by atoms with Gasteiger partial charge in [-0.3, -0.25) is 9.59 Å². The molecule has 102 valence electrons. The van der Waals surface area contributed by atoms with Crippen molar-refractivity contribution in [2.24, 2.45) is 5.10 Å². The van der Waals surface area contributed by atoms with Gasteiger partial charge in [0.25, 0.3) is 0 Å². The standard InChI is InChI=1S/C12H14ClN3O3/c1-7(2)15-16-12(18)11(17)14-8-4-5-10(19-3)9(13)6-8/h4-6H,1-3H3,(H,14,17)(H,16,18). The first-order valence-corrected chi connectivity index (χ1v) is 5.77. The van der Waals surface area contributed by atoms with Crippen LogP contribution in [0.15, 0.2) is 23.3 Å². The molecule has 0 radical (unpaired) electrons. The predicted molar refractivity (Wildman–Crippen MR) is 73.6 cm³/mol. The summed E-state index contributed by atoms with van der Waals surface area (Å²) in [6.45, 7) is 3.39. The van der Waals surface area contributed by atoms with Crippen molar-refractivity contribution >= 4 is 34.8 Å². The van der Waals surface area contributed by atoms with E-state index in [4.69, 9.17) is 16.3 Å². The lowest BCUT2D eigenvalue weighted by atomic mass is 10.3. The van der Waals surface area contributed by atoms with Crippen LogP contribution in [0, 0.1) is 0 Å². The molecule has 0 unspecified atom stereocenters. The number of carbonyl (C=O) groups excluding carboxylic acids is 2. The van der Waals surface area contributed by atoms with Crippen molar-refractivity contribution in [2.45, 2.75) is 13.8 Å². The van der Waals surface area contributed by atoms with Gasteiger partial charge in [-0.05, 0) is 32.0 Å². The summed E-state index contributed by atoms with van der Waals surface area (Å²) in [5, 5.41) is 6.38. The number of nitrogens with zero attached hydrogens (tertiary/aromatic N) is 1. The summed E-state index contributed by atoms with van der Waals surface area (Å²) in [5.74, 6) is -1.20. The van der Waals surface area contributed by atoms with Crippen molar-refractivity contribution < 1.29 is 14.3 Å². The lowest BCUT2D eigenvalue weighted by Crippen LogP contribution is -2.32. The van der Waals surface area contributed by atoms with E-state index in [1.807, 2.05) is 0 Å². The molecule has 19 heavy (non-hydrogen) atoms. The number of rotatable bonds is 3. The zero-order chi connectivity index (χ0) is 14.4. The smallest absolute Gasteiger partial charge is 0.329 e. The number of halogens is 1. The Morgan fingerprint density at radius 1 is 1.26 bits per heavy atom. The number of hydrazone groups is 1. The summed E-state index contributed by atoms with van der Waals surface area (Å²) in [5.41, 5.74) is 3.14. The molecule has 0 heterocycles. The van der Waals surface area contributed by atoms with Crippen LogP contribution in [-0.4, -0.2) is 24.6 Å². The third kappa shape index (κ3) is 4.59. The number of nitrogens with one attached hydrogen (secondary N) is 2. The van der Waals surface area contributed by atoms with Crippen molar-refractivity contribution in [3.8, 4) is 5.75 Å². The van der Waals surface area contributed by atoms with Crippen LogP contribution in [0.2, 0.25) is 5.02 Å². The van der Waals surface area contributed by atoms with Crippen LogP contribution < -0.4 is 15.5 Å². The van der Waals surface area contributed by atoms with Gasteiger partial charge >= 0.3 is 11.8 Å². The van der Waals surface area contributed by atoms with Crippen molar-refractivity contribution in [3.63, 3.8) is 0 Å². The van der Waals surface area contributed by atoms with E-state index in [2.05, 4.69) is 15.8 Å². The molecule has 0 saturated carbocycles. The van der Waals surface area contributed by atoms with E-state index in [1.54, 1.807) is 26.0 Å². The van der Waals surface area contributed by atoms with Crippen molar-refractivity contribution in [2.75, 3.05) is 12.4 Å². The Morgan fingerprint density at radius 3 is 2.47 bits per heavy atom. The second-order valence-electron chi connectivity index (χ2n) is 3.80. The molecule has 2 N–H and O–H groups in total. The molecule has 0 saturated heterocycles. The first-order chi connectivity index (χ1) is 8.93. The van der Waals surface area contributed by atoms with Crippen LogP contribution in [0.5, 0.6) is 5.75 Å². The third-order valence-corrected chi connectivity index (χ3v) is 2.29. The molecule has 0 aliphatic rings. The molecule has 1 aromatic carbocycles. The molecule has 0 spiro atoms. The van der Waals surface area contributed by atoms with Crippen LogP contribution in [-0.2, 0) is 9.59 Å². The second kappa shape index (κ2) is 6.75. The van der Waals surface area contributed by atoms with E-state index in [-0.39, 0.29) is 0 Å². The normalized spacial score (nSPS) is 9.47. The maximum absolute atomic E-state index is 11.5. The fourth-order valence-electron chi connectivity index (χ4n) is 1.15.